The SMILES string of the molecule is CC(C)(C)c1ccc(OCCCCn2c(CCCNC(=O)c3ccco3)nc3ccccc32)cc1. The average molecular weight is 474 g/mol. The van der Waals surface area contributed by atoms with Crippen LogP contribution in [0.2, 0.25) is 0 Å². The summed E-state index contributed by atoms with van der Waals surface area (Å²) in [4.78, 5) is 16.9. The van der Waals surface area contributed by atoms with Gasteiger partial charge in [-0.2, -0.15) is 0 Å². The second kappa shape index (κ2) is 11.3. The third kappa shape index (κ3) is 6.53. The number of benzene rings is 2. The van der Waals surface area contributed by atoms with Crippen molar-refractivity contribution in [1.29, 1.82) is 0 Å². The molecular formula is C29H35N3O3. The highest BCUT2D eigenvalue weighted by Gasteiger charge is 2.13. The number of unbranched alkanes of at least 4 members (excludes halogenated alkanes) is 1. The predicted molar refractivity (Wildman–Crippen MR) is 139 cm³/mol. The molecule has 35 heavy (non-hydrogen) atoms. The van der Waals surface area contributed by atoms with Crippen molar-refractivity contribution in [3.8, 4) is 5.75 Å². The number of carbonyl (C=O) groups excluding carboxylic acids is 1. The van der Waals surface area contributed by atoms with Crippen LogP contribution in [0.15, 0.2) is 71.3 Å². The minimum absolute atomic E-state index is 0.148. The maximum atomic E-state index is 12.1. The number of hydrogen-bond acceptors (Lipinski definition) is 4. The molecule has 0 bridgehead atoms. The summed E-state index contributed by atoms with van der Waals surface area (Å²) in [5, 5.41) is 2.91. The normalized spacial score (nSPS) is 11.6. The van der Waals surface area contributed by atoms with Crippen LogP contribution < -0.4 is 10.1 Å². The summed E-state index contributed by atoms with van der Waals surface area (Å²) in [6.45, 7) is 8.80. The van der Waals surface area contributed by atoms with Crippen LogP contribution in [0.25, 0.3) is 11.0 Å². The highest BCUT2D eigenvalue weighted by Crippen LogP contribution is 2.24. The van der Waals surface area contributed by atoms with Gasteiger partial charge in [-0.3, -0.25) is 4.79 Å². The number of aromatic nitrogens is 2. The van der Waals surface area contributed by atoms with Gasteiger partial charge in [-0.05, 0) is 66.6 Å². The third-order valence-corrected chi connectivity index (χ3v) is 6.11. The smallest absolute Gasteiger partial charge is 0.286 e. The topological polar surface area (TPSA) is 69.3 Å². The molecule has 0 fully saturated rings. The highest BCUT2D eigenvalue weighted by atomic mass is 16.5. The first kappa shape index (κ1) is 24.6. The van der Waals surface area contributed by atoms with E-state index in [0.717, 1.165) is 54.8 Å². The van der Waals surface area contributed by atoms with E-state index < -0.39 is 0 Å². The number of fused-ring (bicyclic) bond motifs is 1. The lowest BCUT2D eigenvalue weighted by atomic mass is 9.87. The van der Waals surface area contributed by atoms with Crippen molar-refractivity contribution in [3.05, 3.63) is 84.1 Å². The largest absolute Gasteiger partial charge is 0.494 e. The molecule has 6 heteroatoms. The Balaban J connectivity index is 1.27. The minimum Gasteiger partial charge on any atom is -0.494 e. The van der Waals surface area contributed by atoms with Crippen molar-refractivity contribution in [2.45, 2.75) is 58.4 Å². The third-order valence-electron chi connectivity index (χ3n) is 6.11. The number of rotatable bonds is 11. The second-order valence-electron chi connectivity index (χ2n) is 9.84. The van der Waals surface area contributed by atoms with Crippen LogP contribution in [0.3, 0.4) is 0 Å². The van der Waals surface area contributed by atoms with E-state index in [1.807, 2.05) is 6.07 Å². The van der Waals surface area contributed by atoms with E-state index >= 15 is 0 Å². The number of para-hydroxylation sites is 2. The summed E-state index contributed by atoms with van der Waals surface area (Å²) in [6.07, 6.45) is 5.08. The summed E-state index contributed by atoms with van der Waals surface area (Å²) in [5.74, 6) is 2.13. The van der Waals surface area contributed by atoms with Gasteiger partial charge in [0, 0.05) is 19.5 Å². The first-order valence-corrected chi connectivity index (χ1v) is 12.4. The number of carbonyl (C=O) groups is 1. The maximum Gasteiger partial charge on any atom is 0.286 e. The molecule has 0 radical (unpaired) electrons. The van der Waals surface area contributed by atoms with Crippen molar-refractivity contribution in [3.63, 3.8) is 0 Å². The molecular weight excluding hydrogens is 438 g/mol. The molecule has 2 heterocycles. The number of nitrogens with zero attached hydrogens (tertiary/aromatic N) is 2. The lowest BCUT2D eigenvalue weighted by Crippen LogP contribution is -2.24. The van der Waals surface area contributed by atoms with Crippen LogP contribution >= 0.6 is 0 Å². The molecule has 0 aliphatic heterocycles. The standard InChI is InChI=1S/C29H35N3O3/c1-29(2,3)22-14-16-23(17-15-22)34-20-7-6-19-32-25-11-5-4-10-24(25)31-27(32)13-8-18-30-28(33)26-12-9-21-35-26/h4-5,9-12,14-17,21H,6-8,13,18-20H2,1-3H3,(H,30,33). The van der Waals surface area contributed by atoms with Crippen LogP contribution in [0.1, 0.15) is 62.0 Å². The van der Waals surface area contributed by atoms with Gasteiger partial charge in [0.25, 0.3) is 5.91 Å². The molecule has 0 atom stereocenters. The Morgan fingerprint density at radius 2 is 1.80 bits per heavy atom. The molecule has 4 rings (SSSR count). The summed E-state index contributed by atoms with van der Waals surface area (Å²) < 4.78 is 13.4. The number of hydrogen-bond donors (Lipinski definition) is 1. The molecule has 184 valence electrons. The number of imidazole rings is 1. The molecule has 0 aliphatic carbocycles. The zero-order chi connectivity index (χ0) is 24.7. The van der Waals surface area contributed by atoms with Gasteiger partial charge in [-0.15, -0.1) is 0 Å². The Labute approximate surface area is 207 Å². The molecule has 0 saturated carbocycles. The molecule has 0 spiro atoms. The molecule has 1 N–H and O–H groups in total. The lowest BCUT2D eigenvalue weighted by Gasteiger charge is -2.19. The first-order valence-electron chi connectivity index (χ1n) is 12.4. The molecule has 0 aliphatic rings. The van der Waals surface area contributed by atoms with Crippen LogP contribution in [0, 0.1) is 0 Å². The fourth-order valence-electron chi connectivity index (χ4n) is 4.12. The summed E-state index contributed by atoms with van der Waals surface area (Å²) >= 11 is 0. The van der Waals surface area contributed by atoms with E-state index in [1.165, 1.54) is 11.8 Å². The van der Waals surface area contributed by atoms with Gasteiger partial charge >= 0.3 is 0 Å². The lowest BCUT2D eigenvalue weighted by molar-refractivity contribution is 0.0925. The molecule has 1 amide bonds. The van der Waals surface area contributed by atoms with Crippen molar-refractivity contribution in [2.75, 3.05) is 13.2 Å². The Bertz CT molecular complexity index is 1220. The molecule has 2 aromatic carbocycles. The quantitative estimate of drug-likeness (QED) is 0.265. The average Bonchev–Trinajstić information content (AvgIpc) is 3.50. The molecule has 4 aromatic rings. The van der Waals surface area contributed by atoms with Gasteiger partial charge in [0.2, 0.25) is 0 Å². The number of aryl methyl sites for hydroxylation is 2. The van der Waals surface area contributed by atoms with Crippen LogP contribution in [0.5, 0.6) is 5.75 Å². The van der Waals surface area contributed by atoms with Gasteiger partial charge in [0.15, 0.2) is 5.76 Å². The number of amides is 1. The van der Waals surface area contributed by atoms with Crippen molar-refractivity contribution in [1.82, 2.24) is 14.9 Å². The zero-order valence-corrected chi connectivity index (χ0v) is 20.9. The van der Waals surface area contributed by atoms with Crippen molar-refractivity contribution >= 4 is 16.9 Å². The van der Waals surface area contributed by atoms with Gasteiger partial charge in [0.1, 0.15) is 11.6 Å². The molecule has 0 saturated heterocycles. The fraction of sp³-hybridized carbons (Fsp3) is 0.379. The summed E-state index contributed by atoms with van der Waals surface area (Å²) in [5.41, 5.74) is 3.62. The van der Waals surface area contributed by atoms with Crippen LogP contribution in [0.4, 0.5) is 0 Å². The number of nitrogens with one attached hydrogen (secondary N) is 1. The van der Waals surface area contributed by atoms with Gasteiger partial charge in [0.05, 0.1) is 23.9 Å². The van der Waals surface area contributed by atoms with Crippen molar-refractivity contribution in [2.24, 2.45) is 0 Å². The van der Waals surface area contributed by atoms with Gasteiger partial charge < -0.3 is 19.0 Å². The number of furan rings is 1. The second-order valence-corrected chi connectivity index (χ2v) is 9.84. The molecule has 6 nitrogen and oxygen atoms in total. The summed E-state index contributed by atoms with van der Waals surface area (Å²) in [7, 11) is 0. The Kier molecular flexibility index (Phi) is 7.91. The highest BCUT2D eigenvalue weighted by molar-refractivity contribution is 5.91. The van der Waals surface area contributed by atoms with E-state index in [4.69, 9.17) is 14.1 Å². The van der Waals surface area contributed by atoms with E-state index in [1.54, 1.807) is 12.1 Å². The van der Waals surface area contributed by atoms with Crippen molar-refractivity contribution < 1.29 is 13.9 Å². The first-order chi connectivity index (χ1) is 16.9. The summed E-state index contributed by atoms with van der Waals surface area (Å²) in [6, 6.07) is 20.1. The molecule has 2 aromatic heterocycles. The van der Waals surface area contributed by atoms with Crippen LogP contribution in [-0.2, 0) is 18.4 Å². The number of ether oxygens (including phenoxy) is 1. The molecule has 0 unspecified atom stereocenters. The van der Waals surface area contributed by atoms with Crippen LogP contribution in [-0.4, -0.2) is 28.6 Å². The van der Waals surface area contributed by atoms with E-state index in [-0.39, 0.29) is 11.3 Å². The van der Waals surface area contributed by atoms with E-state index in [9.17, 15) is 4.79 Å². The predicted octanol–water partition coefficient (Wildman–Crippen LogP) is 6.15. The fourth-order valence-corrected chi connectivity index (χ4v) is 4.12. The van der Waals surface area contributed by atoms with Gasteiger partial charge in [-0.25, -0.2) is 4.98 Å². The van der Waals surface area contributed by atoms with E-state index in [0.29, 0.717) is 18.9 Å². The Hall–Kier alpha value is -3.54. The zero-order valence-electron chi connectivity index (χ0n) is 20.9. The van der Waals surface area contributed by atoms with E-state index in [2.05, 4.69) is 73.1 Å². The minimum atomic E-state index is -0.184. The Morgan fingerprint density at radius 3 is 2.54 bits per heavy atom. The maximum absolute atomic E-state index is 12.1. The van der Waals surface area contributed by atoms with Gasteiger partial charge in [-0.1, -0.05) is 45.0 Å². The Morgan fingerprint density at radius 1 is 1.00 bits per heavy atom. The monoisotopic (exact) mass is 473 g/mol.